The standard InChI is InChI=1S/C8H15N3O2/c1-3-4-11-8(6-13-2)7(5-12)9-10-11/h12H,3-6H2,1-2H3. The molecule has 74 valence electrons. The maximum absolute atomic E-state index is 8.96. The molecule has 1 aromatic rings. The highest BCUT2D eigenvalue weighted by atomic mass is 16.5. The number of ether oxygens (including phenoxy) is 1. The smallest absolute Gasteiger partial charge is 0.114 e. The van der Waals surface area contributed by atoms with Gasteiger partial charge in [-0.1, -0.05) is 12.1 Å². The average molecular weight is 185 g/mol. The average Bonchev–Trinajstić information content (AvgIpc) is 2.50. The quantitative estimate of drug-likeness (QED) is 0.718. The van der Waals surface area contributed by atoms with Gasteiger partial charge < -0.3 is 9.84 Å². The lowest BCUT2D eigenvalue weighted by molar-refractivity contribution is 0.173. The Morgan fingerprint density at radius 2 is 2.31 bits per heavy atom. The normalized spacial score (nSPS) is 10.7. The lowest BCUT2D eigenvalue weighted by Crippen LogP contribution is -2.06. The molecule has 0 unspecified atom stereocenters. The summed E-state index contributed by atoms with van der Waals surface area (Å²) in [4.78, 5) is 0. The Kier molecular flexibility index (Phi) is 3.85. The van der Waals surface area contributed by atoms with Crippen LogP contribution >= 0.6 is 0 Å². The van der Waals surface area contributed by atoms with Crippen LogP contribution < -0.4 is 0 Å². The van der Waals surface area contributed by atoms with Gasteiger partial charge in [0.2, 0.25) is 0 Å². The number of hydrogen-bond donors (Lipinski definition) is 1. The fourth-order valence-electron chi connectivity index (χ4n) is 1.18. The number of aromatic nitrogens is 3. The van der Waals surface area contributed by atoms with Crippen molar-refractivity contribution < 1.29 is 9.84 Å². The maximum atomic E-state index is 8.96. The maximum Gasteiger partial charge on any atom is 0.114 e. The van der Waals surface area contributed by atoms with Crippen molar-refractivity contribution in [2.45, 2.75) is 33.1 Å². The van der Waals surface area contributed by atoms with E-state index in [1.54, 1.807) is 11.8 Å². The van der Waals surface area contributed by atoms with Crippen LogP contribution in [0.5, 0.6) is 0 Å². The molecule has 5 heteroatoms. The second kappa shape index (κ2) is 4.94. The molecule has 0 aliphatic rings. The van der Waals surface area contributed by atoms with Gasteiger partial charge in [0.15, 0.2) is 0 Å². The van der Waals surface area contributed by atoms with Gasteiger partial charge in [-0.15, -0.1) is 5.10 Å². The van der Waals surface area contributed by atoms with Crippen molar-refractivity contribution in [1.29, 1.82) is 0 Å². The highest BCUT2D eigenvalue weighted by molar-refractivity contribution is 5.07. The number of methoxy groups -OCH3 is 1. The molecular weight excluding hydrogens is 170 g/mol. The van der Waals surface area contributed by atoms with E-state index in [1.807, 2.05) is 0 Å². The van der Waals surface area contributed by atoms with E-state index < -0.39 is 0 Å². The first-order valence-corrected chi connectivity index (χ1v) is 4.34. The van der Waals surface area contributed by atoms with Crippen LogP contribution in [-0.2, 0) is 24.5 Å². The molecule has 1 rings (SSSR count). The summed E-state index contributed by atoms with van der Waals surface area (Å²) >= 11 is 0. The molecule has 0 aliphatic carbocycles. The van der Waals surface area contributed by atoms with Crippen molar-refractivity contribution in [2.24, 2.45) is 0 Å². The summed E-state index contributed by atoms with van der Waals surface area (Å²) < 4.78 is 6.78. The molecule has 0 radical (unpaired) electrons. The van der Waals surface area contributed by atoms with Gasteiger partial charge in [0.05, 0.1) is 18.9 Å². The Labute approximate surface area is 77.3 Å². The second-order valence-corrected chi connectivity index (χ2v) is 2.80. The van der Waals surface area contributed by atoms with Crippen molar-refractivity contribution >= 4 is 0 Å². The van der Waals surface area contributed by atoms with Crippen LogP contribution in [0.3, 0.4) is 0 Å². The third kappa shape index (κ3) is 2.26. The van der Waals surface area contributed by atoms with E-state index in [0.29, 0.717) is 12.3 Å². The highest BCUT2D eigenvalue weighted by Gasteiger charge is 2.10. The molecule has 0 atom stereocenters. The molecule has 0 spiro atoms. The number of nitrogens with zero attached hydrogens (tertiary/aromatic N) is 3. The van der Waals surface area contributed by atoms with Crippen LogP contribution in [0.1, 0.15) is 24.7 Å². The van der Waals surface area contributed by atoms with Gasteiger partial charge in [-0.05, 0) is 6.42 Å². The minimum Gasteiger partial charge on any atom is -0.390 e. The van der Waals surface area contributed by atoms with Gasteiger partial charge in [-0.25, -0.2) is 4.68 Å². The van der Waals surface area contributed by atoms with Gasteiger partial charge in [-0.2, -0.15) is 0 Å². The van der Waals surface area contributed by atoms with E-state index in [0.717, 1.165) is 18.7 Å². The monoisotopic (exact) mass is 185 g/mol. The van der Waals surface area contributed by atoms with Gasteiger partial charge in [0.1, 0.15) is 5.69 Å². The zero-order valence-corrected chi connectivity index (χ0v) is 8.03. The molecule has 1 aromatic heterocycles. The van der Waals surface area contributed by atoms with Crippen LogP contribution in [0.2, 0.25) is 0 Å². The van der Waals surface area contributed by atoms with Crippen molar-refractivity contribution in [3.63, 3.8) is 0 Å². The summed E-state index contributed by atoms with van der Waals surface area (Å²) in [6.07, 6.45) is 0.991. The molecule has 1 heterocycles. The van der Waals surface area contributed by atoms with Crippen molar-refractivity contribution in [2.75, 3.05) is 7.11 Å². The highest BCUT2D eigenvalue weighted by Crippen LogP contribution is 2.07. The molecule has 0 aromatic carbocycles. The third-order valence-electron chi connectivity index (χ3n) is 1.78. The fraction of sp³-hybridized carbons (Fsp3) is 0.750. The molecule has 0 saturated heterocycles. The van der Waals surface area contributed by atoms with E-state index in [2.05, 4.69) is 17.2 Å². The van der Waals surface area contributed by atoms with E-state index in [-0.39, 0.29) is 6.61 Å². The first kappa shape index (κ1) is 10.1. The van der Waals surface area contributed by atoms with Crippen LogP contribution in [-0.4, -0.2) is 27.2 Å². The van der Waals surface area contributed by atoms with Gasteiger partial charge >= 0.3 is 0 Å². The Hall–Kier alpha value is -0.940. The van der Waals surface area contributed by atoms with E-state index in [9.17, 15) is 0 Å². The minimum atomic E-state index is -0.0809. The SMILES string of the molecule is CCCn1nnc(CO)c1COC. The van der Waals surface area contributed by atoms with E-state index >= 15 is 0 Å². The van der Waals surface area contributed by atoms with Crippen molar-refractivity contribution in [3.8, 4) is 0 Å². The second-order valence-electron chi connectivity index (χ2n) is 2.80. The predicted octanol–water partition coefficient (Wildman–Crippen LogP) is 0.327. The zero-order chi connectivity index (χ0) is 9.68. The van der Waals surface area contributed by atoms with Crippen LogP contribution in [0.15, 0.2) is 0 Å². The van der Waals surface area contributed by atoms with Crippen LogP contribution in [0.25, 0.3) is 0 Å². The molecule has 0 amide bonds. The largest absolute Gasteiger partial charge is 0.390 e. The molecule has 13 heavy (non-hydrogen) atoms. The topological polar surface area (TPSA) is 60.2 Å². The summed E-state index contributed by atoms with van der Waals surface area (Å²) in [6, 6.07) is 0. The minimum absolute atomic E-state index is 0.0809. The first-order valence-electron chi connectivity index (χ1n) is 4.34. The summed E-state index contributed by atoms with van der Waals surface area (Å²) in [5, 5.41) is 16.7. The van der Waals surface area contributed by atoms with Crippen LogP contribution in [0, 0.1) is 0 Å². The number of hydrogen-bond acceptors (Lipinski definition) is 4. The molecule has 1 N–H and O–H groups in total. The Morgan fingerprint density at radius 1 is 1.54 bits per heavy atom. The van der Waals surface area contributed by atoms with Gasteiger partial charge in [-0.3, -0.25) is 0 Å². The Balaban J connectivity index is 2.85. The molecule has 0 aliphatic heterocycles. The molecule has 0 bridgehead atoms. The molecule has 0 fully saturated rings. The number of aliphatic hydroxyl groups excluding tert-OH is 1. The first-order chi connectivity index (χ1) is 6.33. The zero-order valence-electron chi connectivity index (χ0n) is 8.03. The molecule has 0 saturated carbocycles. The lowest BCUT2D eigenvalue weighted by atomic mass is 10.3. The van der Waals surface area contributed by atoms with Crippen molar-refractivity contribution in [3.05, 3.63) is 11.4 Å². The van der Waals surface area contributed by atoms with Gasteiger partial charge in [0.25, 0.3) is 0 Å². The molecular formula is C8H15N3O2. The number of aryl methyl sites for hydroxylation is 1. The van der Waals surface area contributed by atoms with E-state index in [1.165, 1.54) is 0 Å². The summed E-state index contributed by atoms with van der Waals surface area (Å²) in [6.45, 7) is 3.24. The Bertz CT molecular complexity index is 260. The lowest BCUT2D eigenvalue weighted by Gasteiger charge is -2.04. The summed E-state index contributed by atoms with van der Waals surface area (Å²) in [5.74, 6) is 0. The van der Waals surface area contributed by atoms with Crippen LogP contribution in [0.4, 0.5) is 0 Å². The predicted molar refractivity (Wildman–Crippen MR) is 46.9 cm³/mol. The summed E-state index contributed by atoms with van der Waals surface area (Å²) in [7, 11) is 1.62. The van der Waals surface area contributed by atoms with Gasteiger partial charge in [0, 0.05) is 13.7 Å². The summed E-state index contributed by atoms with van der Waals surface area (Å²) in [5.41, 5.74) is 1.47. The number of aliphatic hydroxyl groups is 1. The Morgan fingerprint density at radius 3 is 2.85 bits per heavy atom. The van der Waals surface area contributed by atoms with E-state index in [4.69, 9.17) is 9.84 Å². The third-order valence-corrected chi connectivity index (χ3v) is 1.78. The fourth-order valence-corrected chi connectivity index (χ4v) is 1.18. The van der Waals surface area contributed by atoms with Crippen molar-refractivity contribution in [1.82, 2.24) is 15.0 Å². The molecule has 5 nitrogen and oxygen atoms in total. The number of rotatable bonds is 5.